The number of hydrogen-bond acceptors (Lipinski definition) is 5. The largest absolute Gasteiger partial charge is 0.494 e. The zero-order valence-corrected chi connectivity index (χ0v) is 18.9. The highest BCUT2D eigenvalue weighted by atomic mass is 16.7. The van der Waals surface area contributed by atoms with E-state index in [1.807, 2.05) is 64.1 Å². The SMILES string of the molecule is CC1(C)OB(c2ccc3c(c2)C(=O)c2cc(B4OC5(C)CC5(C)O4)ccc2-3)OC1(C)C. The minimum atomic E-state index is -0.490. The quantitative estimate of drug-likeness (QED) is 0.602. The van der Waals surface area contributed by atoms with E-state index in [1.54, 1.807) is 0 Å². The predicted octanol–water partition coefficient (Wildman–Crippen LogP) is 2.86. The molecule has 7 heteroatoms. The van der Waals surface area contributed by atoms with Crippen molar-refractivity contribution in [3.63, 3.8) is 0 Å². The van der Waals surface area contributed by atoms with Gasteiger partial charge in [-0.05, 0) is 63.6 Å². The summed E-state index contributed by atoms with van der Waals surface area (Å²) in [7, 11) is -0.915. The Morgan fingerprint density at radius 2 is 1.06 bits per heavy atom. The van der Waals surface area contributed by atoms with E-state index in [0.29, 0.717) is 11.1 Å². The lowest BCUT2D eigenvalue weighted by atomic mass is 9.77. The van der Waals surface area contributed by atoms with Gasteiger partial charge in [-0.2, -0.15) is 0 Å². The highest BCUT2D eigenvalue weighted by Gasteiger charge is 2.71. The summed E-state index contributed by atoms with van der Waals surface area (Å²) in [5, 5.41) is 0. The van der Waals surface area contributed by atoms with E-state index in [-0.39, 0.29) is 17.0 Å². The average molecular weight is 416 g/mol. The molecule has 158 valence electrons. The van der Waals surface area contributed by atoms with Crippen LogP contribution in [-0.4, -0.2) is 42.4 Å². The molecule has 0 N–H and O–H groups in total. The van der Waals surface area contributed by atoms with Crippen molar-refractivity contribution in [3.8, 4) is 11.1 Å². The zero-order chi connectivity index (χ0) is 22.0. The fraction of sp³-hybridized carbons (Fsp3) is 0.458. The highest BCUT2D eigenvalue weighted by Crippen LogP contribution is 2.58. The number of fused-ring (bicyclic) bond motifs is 4. The van der Waals surface area contributed by atoms with E-state index in [1.165, 1.54) is 0 Å². The predicted molar refractivity (Wildman–Crippen MR) is 120 cm³/mol. The van der Waals surface area contributed by atoms with Gasteiger partial charge in [0.15, 0.2) is 5.78 Å². The Morgan fingerprint density at radius 1 is 0.645 bits per heavy atom. The summed E-state index contributed by atoms with van der Waals surface area (Å²) in [6.45, 7) is 12.3. The summed E-state index contributed by atoms with van der Waals surface area (Å²) in [6.07, 6.45) is 0.910. The number of carbonyl (C=O) groups is 1. The molecule has 2 atom stereocenters. The van der Waals surface area contributed by atoms with Crippen LogP contribution in [0.4, 0.5) is 0 Å². The molecule has 2 heterocycles. The first-order valence-corrected chi connectivity index (χ1v) is 11.0. The Morgan fingerprint density at radius 3 is 1.52 bits per heavy atom. The fourth-order valence-electron chi connectivity index (χ4n) is 4.95. The van der Waals surface area contributed by atoms with Crippen molar-refractivity contribution in [2.45, 2.75) is 70.4 Å². The third-order valence-electron chi connectivity index (χ3n) is 8.07. The van der Waals surface area contributed by atoms with E-state index in [4.69, 9.17) is 18.6 Å². The Kier molecular flexibility index (Phi) is 3.63. The van der Waals surface area contributed by atoms with Crippen LogP contribution in [0.5, 0.6) is 0 Å². The summed E-state index contributed by atoms with van der Waals surface area (Å²) in [6, 6.07) is 11.8. The van der Waals surface area contributed by atoms with Gasteiger partial charge in [0.05, 0.1) is 22.4 Å². The molecular formula is C24H26B2O5. The van der Waals surface area contributed by atoms with E-state index >= 15 is 0 Å². The van der Waals surface area contributed by atoms with Crippen molar-refractivity contribution < 1.29 is 23.4 Å². The molecule has 6 rings (SSSR count). The lowest BCUT2D eigenvalue weighted by Crippen LogP contribution is -2.41. The molecule has 2 aromatic carbocycles. The monoisotopic (exact) mass is 416 g/mol. The fourth-order valence-corrected chi connectivity index (χ4v) is 4.95. The maximum absolute atomic E-state index is 13.3. The number of hydrogen-bond donors (Lipinski definition) is 0. The van der Waals surface area contributed by atoms with Gasteiger partial charge in [-0.15, -0.1) is 0 Å². The topological polar surface area (TPSA) is 54.0 Å². The molecule has 0 spiro atoms. The standard InChI is InChI=1S/C24H26B2O5/c1-21(2)22(3,4)29-25(28-21)14-7-9-16-17-10-8-15(12-19(17)20(27)18(16)11-14)26-30-23(5)13-24(23,6)31-26/h7-12H,13H2,1-6H3. The number of carbonyl (C=O) groups excluding carboxylic acids is 1. The third-order valence-corrected chi connectivity index (χ3v) is 8.07. The normalized spacial score (nSPS) is 31.6. The van der Waals surface area contributed by atoms with Gasteiger partial charge in [-0.3, -0.25) is 4.79 Å². The van der Waals surface area contributed by atoms with Gasteiger partial charge in [0.2, 0.25) is 0 Å². The van der Waals surface area contributed by atoms with E-state index in [0.717, 1.165) is 28.5 Å². The van der Waals surface area contributed by atoms with Gasteiger partial charge in [0, 0.05) is 17.5 Å². The summed E-state index contributed by atoms with van der Waals surface area (Å²) in [5.41, 5.74) is 3.75. The Hall–Kier alpha value is -1.92. The first-order chi connectivity index (χ1) is 14.4. The molecular weight excluding hydrogens is 390 g/mol. The molecule has 0 radical (unpaired) electrons. The van der Waals surface area contributed by atoms with Crippen LogP contribution in [0.2, 0.25) is 0 Å². The van der Waals surface area contributed by atoms with Gasteiger partial charge in [0.25, 0.3) is 0 Å². The Balaban J connectivity index is 1.31. The first-order valence-electron chi connectivity index (χ1n) is 11.0. The van der Waals surface area contributed by atoms with E-state index in [9.17, 15) is 4.79 Å². The number of ketones is 1. The van der Waals surface area contributed by atoms with Gasteiger partial charge >= 0.3 is 14.2 Å². The minimum Gasteiger partial charge on any atom is -0.399 e. The molecule has 4 aliphatic rings. The maximum Gasteiger partial charge on any atom is 0.494 e. The molecule has 0 amide bonds. The zero-order valence-electron chi connectivity index (χ0n) is 18.9. The van der Waals surface area contributed by atoms with Crippen LogP contribution in [0.15, 0.2) is 36.4 Å². The van der Waals surface area contributed by atoms with E-state index in [2.05, 4.69) is 13.8 Å². The molecule has 2 aliphatic carbocycles. The lowest BCUT2D eigenvalue weighted by molar-refractivity contribution is 0.00578. The van der Waals surface area contributed by atoms with E-state index < -0.39 is 25.4 Å². The average Bonchev–Trinajstić information content (AvgIpc) is 2.90. The molecule has 1 saturated carbocycles. The summed E-state index contributed by atoms with van der Waals surface area (Å²) < 4.78 is 24.6. The van der Waals surface area contributed by atoms with Crippen molar-refractivity contribution in [1.82, 2.24) is 0 Å². The molecule has 2 aromatic rings. The first kappa shape index (κ1) is 19.7. The second-order valence-corrected chi connectivity index (χ2v) is 10.7. The van der Waals surface area contributed by atoms with Gasteiger partial charge in [0.1, 0.15) is 0 Å². The third kappa shape index (κ3) is 2.58. The number of rotatable bonds is 2. The number of benzene rings is 2. The van der Waals surface area contributed by atoms with Gasteiger partial charge in [-0.25, -0.2) is 0 Å². The molecule has 2 aliphatic heterocycles. The maximum atomic E-state index is 13.3. The van der Waals surface area contributed by atoms with Crippen molar-refractivity contribution >= 4 is 30.9 Å². The molecule has 2 saturated heterocycles. The van der Waals surface area contributed by atoms with Crippen molar-refractivity contribution in [1.29, 1.82) is 0 Å². The van der Waals surface area contributed by atoms with Crippen molar-refractivity contribution in [3.05, 3.63) is 47.5 Å². The minimum absolute atomic E-state index is 0.0193. The molecule has 31 heavy (non-hydrogen) atoms. The van der Waals surface area contributed by atoms with Crippen LogP contribution < -0.4 is 10.9 Å². The summed E-state index contributed by atoms with van der Waals surface area (Å²) >= 11 is 0. The summed E-state index contributed by atoms with van der Waals surface area (Å²) in [5.74, 6) is 0.0193. The molecule has 5 nitrogen and oxygen atoms in total. The lowest BCUT2D eigenvalue weighted by Gasteiger charge is -2.32. The van der Waals surface area contributed by atoms with Crippen LogP contribution in [-0.2, 0) is 18.6 Å². The van der Waals surface area contributed by atoms with Crippen LogP contribution in [0, 0.1) is 0 Å². The molecule has 0 aromatic heterocycles. The van der Waals surface area contributed by atoms with Gasteiger partial charge < -0.3 is 18.6 Å². The van der Waals surface area contributed by atoms with Crippen LogP contribution >= 0.6 is 0 Å². The highest BCUT2D eigenvalue weighted by molar-refractivity contribution is 6.63. The summed E-state index contributed by atoms with van der Waals surface area (Å²) in [4.78, 5) is 13.3. The second-order valence-electron chi connectivity index (χ2n) is 10.7. The molecule has 0 bridgehead atoms. The molecule has 3 fully saturated rings. The Labute approximate surface area is 183 Å². The van der Waals surface area contributed by atoms with Crippen LogP contribution in [0.1, 0.15) is 63.9 Å². The van der Waals surface area contributed by atoms with Crippen LogP contribution in [0.3, 0.4) is 0 Å². The van der Waals surface area contributed by atoms with Gasteiger partial charge in [-0.1, -0.05) is 36.4 Å². The second kappa shape index (κ2) is 5.70. The van der Waals surface area contributed by atoms with Crippen molar-refractivity contribution in [2.75, 3.05) is 0 Å². The van der Waals surface area contributed by atoms with Crippen LogP contribution in [0.25, 0.3) is 11.1 Å². The Bertz CT molecular complexity index is 1130. The van der Waals surface area contributed by atoms with Crippen molar-refractivity contribution in [2.24, 2.45) is 0 Å². The smallest absolute Gasteiger partial charge is 0.399 e. The molecule has 2 unspecified atom stereocenters.